The molecule has 2 unspecified atom stereocenters. The van der Waals surface area contributed by atoms with Crippen LogP contribution in [0.15, 0.2) is 30.3 Å². The van der Waals surface area contributed by atoms with E-state index >= 15 is 8.78 Å². The molecule has 8 rings (SSSR count). The van der Waals surface area contributed by atoms with Crippen LogP contribution in [0.2, 0.25) is 0 Å². The van der Waals surface area contributed by atoms with E-state index < -0.39 is 17.5 Å². The number of ether oxygens (including phenoxy) is 1. The Labute approximate surface area is 260 Å². The van der Waals surface area contributed by atoms with Gasteiger partial charge < -0.3 is 20.1 Å². The number of phenolic OH excluding ortho intramolecular Hbond substituents is 1. The number of hydrogen-bond acceptors (Lipinski definition) is 7. The third kappa shape index (κ3) is 4.71. The minimum absolute atomic E-state index is 0.0323. The molecule has 2 N–H and O–H groups in total. The summed E-state index contributed by atoms with van der Waals surface area (Å²) >= 11 is 0. The molecule has 5 heterocycles. The summed E-state index contributed by atoms with van der Waals surface area (Å²) in [4.78, 5) is 14.0. The van der Waals surface area contributed by atoms with Crippen molar-refractivity contribution < 1.29 is 23.0 Å². The van der Waals surface area contributed by atoms with Gasteiger partial charge in [0.25, 0.3) is 0 Å². The van der Waals surface area contributed by atoms with Crippen molar-refractivity contribution in [2.24, 2.45) is 0 Å². The Balaban J connectivity index is 1.30. The summed E-state index contributed by atoms with van der Waals surface area (Å²) in [6.07, 6.45) is 3.91. The zero-order chi connectivity index (χ0) is 31.0. The Morgan fingerprint density at radius 1 is 1.04 bits per heavy atom. The molecule has 10 heteroatoms. The molecule has 4 atom stereocenters. The van der Waals surface area contributed by atoms with E-state index in [0.29, 0.717) is 64.6 Å². The Hall–Kier alpha value is -3.63. The van der Waals surface area contributed by atoms with Crippen molar-refractivity contribution in [3.05, 3.63) is 53.1 Å². The summed E-state index contributed by atoms with van der Waals surface area (Å²) in [5, 5.41) is 16.1. The van der Waals surface area contributed by atoms with Crippen LogP contribution in [0, 0.1) is 18.6 Å². The number of aromatic nitrogens is 2. The van der Waals surface area contributed by atoms with E-state index in [1.807, 2.05) is 13.8 Å². The second-order valence-electron chi connectivity index (χ2n) is 13.5. The number of aromatic hydroxyl groups is 1. The lowest BCUT2D eigenvalue weighted by Crippen LogP contribution is -2.51. The maximum Gasteiger partial charge on any atom is 0.319 e. The van der Waals surface area contributed by atoms with Crippen LogP contribution < -0.4 is 15.0 Å². The minimum Gasteiger partial charge on any atom is -0.508 e. The van der Waals surface area contributed by atoms with Gasteiger partial charge in [-0.2, -0.15) is 9.97 Å². The average molecular weight is 618 g/mol. The van der Waals surface area contributed by atoms with Crippen LogP contribution in [-0.4, -0.2) is 76.6 Å². The Kier molecular flexibility index (Phi) is 6.87. The number of piperazine rings is 1. The van der Waals surface area contributed by atoms with Crippen LogP contribution in [-0.2, 0) is 6.42 Å². The molecule has 3 aromatic carbocycles. The molecule has 45 heavy (non-hydrogen) atoms. The largest absolute Gasteiger partial charge is 0.508 e. The summed E-state index contributed by atoms with van der Waals surface area (Å²) in [6.45, 7) is 6.74. The summed E-state index contributed by atoms with van der Waals surface area (Å²) in [7, 11) is 0. The van der Waals surface area contributed by atoms with E-state index in [1.54, 1.807) is 18.2 Å². The molecule has 0 spiro atoms. The molecule has 0 amide bonds. The van der Waals surface area contributed by atoms with Crippen LogP contribution in [0.1, 0.15) is 50.2 Å². The molecule has 4 aromatic rings. The first kappa shape index (κ1) is 28.8. The van der Waals surface area contributed by atoms with Gasteiger partial charge >= 0.3 is 6.01 Å². The molecule has 1 aromatic heterocycles. The Morgan fingerprint density at radius 2 is 1.84 bits per heavy atom. The smallest absolute Gasteiger partial charge is 0.319 e. The van der Waals surface area contributed by atoms with Gasteiger partial charge in [-0.15, -0.1) is 0 Å². The number of anilines is 1. The third-order valence-corrected chi connectivity index (χ3v) is 10.6. The van der Waals surface area contributed by atoms with E-state index in [-0.39, 0.29) is 35.3 Å². The molecule has 7 nitrogen and oxygen atoms in total. The topological polar surface area (TPSA) is 73.8 Å². The number of benzene rings is 3. The SMILES string of the molecule is CCc1c(F)ccc2cc(O)cc(-c3cc(C)c4c(N5CC6CCC(C5)N6)nc(OC[C@@]56CCCN5C[C@H](F)C6)nc4c3F)c12. The highest BCUT2D eigenvalue weighted by molar-refractivity contribution is 6.04. The molecular formula is C35H38F3N5O2. The fraction of sp³-hybridized carbons (Fsp3) is 0.486. The number of nitrogens with one attached hydrogen (secondary N) is 1. The van der Waals surface area contributed by atoms with E-state index in [1.165, 1.54) is 12.1 Å². The minimum atomic E-state index is -0.893. The molecule has 0 saturated carbocycles. The van der Waals surface area contributed by atoms with Crippen LogP contribution in [0.3, 0.4) is 0 Å². The molecule has 4 fully saturated rings. The van der Waals surface area contributed by atoms with Gasteiger partial charge in [-0.05, 0) is 97.3 Å². The monoisotopic (exact) mass is 617 g/mol. The first-order valence-electron chi connectivity index (χ1n) is 16.2. The molecule has 4 aliphatic rings. The van der Waals surface area contributed by atoms with Gasteiger partial charge in [0, 0.05) is 49.1 Å². The number of nitrogens with zero attached hydrogens (tertiary/aromatic N) is 4. The van der Waals surface area contributed by atoms with Gasteiger partial charge in [0.1, 0.15) is 35.7 Å². The van der Waals surface area contributed by atoms with Crippen molar-refractivity contribution in [1.29, 1.82) is 0 Å². The molecule has 0 aliphatic carbocycles. The van der Waals surface area contributed by atoms with Gasteiger partial charge in [-0.3, -0.25) is 4.90 Å². The zero-order valence-electron chi connectivity index (χ0n) is 25.7. The fourth-order valence-corrected chi connectivity index (χ4v) is 8.60. The first-order chi connectivity index (χ1) is 21.7. The van der Waals surface area contributed by atoms with Gasteiger partial charge in [0.05, 0.1) is 5.54 Å². The van der Waals surface area contributed by atoms with E-state index in [9.17, 15) is 9.50 Å². The number of phenols is 1. The lowest BCUT2D eigenvalue weighted by atomic mass is 9.91. The summed E-state index contributed by atoms with van der Waals surface area (Å²) in [6, 6.07) is 8.56. The fourth-order valence-electron chi connectivity index (χ4n) is 8.60. The highest BCUT2D eigenvalue weighted by Gasteiger charge is 2.49. The highest BCUT2D eigenvalue weighted by Crippen LogP contribution is 2.43. The summed E-state index contributed by atoms with van der Waals surface area (Å²) < 4.78 is 52.9. The van der Waals surface area contributed by atoms with Gasteiger partial charge in [-0.25, -0.2) is 13.2 Å². The predicted octanol–water partition coefficient (Wildman–Crippen LogP) is 6.20. The number of halogens is 3. The maximum absolute atomic E-state index is 17.0. The molecule has 0 radical (unpaired) electrons. The van der Waals surface area contributed by atoms with Crippen molar-refractivity contribution in [2.75, 3.05) is 37.7 Å². The number of alkyl halides is 1. The second-order valence-corrected chi connectivity index (χ2v) is 13.5. The van der Waals surface area contributed by atoms with Crippen LogP contribution in [0.25, 0.3) is 32.8 Å². The Morgan fingerprint density at radius 3 is 2.62 bits per heavy atom. The van der Waals surface area contributed by atoms with Gasteiger partial charge in [-0.1, -0.05) is 13.0 Å². The van der Waals surface area contributed by atoms with Crippen molar-refractivity contribution >= 4 is 27.5 Å². The molecule has 2 bridgehead atoms. The van der Waals surface area contributed by atoms with Gasteiger partial charge in [0.15, 0.2) is 5.82 Å². The van der Waals surface area contributed by atoms with Crippen LogP contribution in [0.5, 0.6) is 11.8 Å². The lowest BCUT2D eigenvalue weighted by molar-refractivity contribution is 0.107. The third-order valence-electron chi connectivity index (χ3n) is 10.6. The predicted molar refractivity (Wildman–Crippen MR) is 169 cm³/mol. The lowest BCUT2D eigenvalue weighted by Gasteiger charge is -2.35. The number of aryl methyl sites for hydroxylation is 2. The molecule has 4 aliphatic heterocycles. The number of hydrogen-bond donors (Lipinski definition) is 2. The van der Waals surface area contributed by atoms with Crippen LogP contribution in [0.4, 0.5) is 19.0 Å². The average Bonchev–Trinajstić information content (AvgIpc) is 3.67. The van der Waals surface area contributed by atoms with E-state index in [4.69, 9.17) is 9.72 Å². The van der Waals surface area contributed by atoms with E-state index in [2.05, 4.69) is 20.1 Å². The molecule has 236 valence electrons. The maximum atomic E-state index is 17.0. The number of rotatable bonds is 6. The van der Waals surface area contributed by atoms with E-state index in [0.717, 1.165) is 50.9 Å². The summed E-state index contributed by atoms with van der Waals surface area (Å²) in [5.74, 6) is -0.347. The Bertz CT molecular complexity index is 1820. The normalized spacial score (nSPS) is 26.3. The van der Waals surface area contributed by atoms with Gasteiger partial charge in [0.2, 0.25) is 0 Å². The highest BCUT2D eigenvalue weighted by atomic mass is 19.1. The quantitative estimate of drug-likeness (QED) is 0.267. The first-order valence-corrected chi connectivity index (χ1v) is 16.2. The number of fused-ring (bicyclic) bond motifs is 5. The van der Waals surface area contributed by atoms with Crippen molar-refractivity contribution in [3.63, 3.8) is 0 Å². The van der Waals surface area contributed by atoms with Crippen molar-refractivity contribution in [1.82, 2.24) is 20.2 Å². The second kappa shape index (κ2) is 10.7. The van der Waals surface area contributed by atoms with Crippen molar-refractivity contribution in [3.8, 4) is 22.9 Å². The molecular weight excluding hydrogens is 579 g/mol. The van der Waals surface area contributed by atoms with Crippen molar-refractivity contribution in [2.45, 2.75) is 76.2 Å². The van der Waals surface area contributed by atoms with Crippen LogP contribution >= 0.6 is 0 Å². The molecule has 4 saturated heterocycles. The summed E-state index contributed by atoms with van der Waals surface area (Å²) in [5.41, 5.74) is 1.60. The zero-order valence-corrected chi connectivity index (χ0v) is 25.7. The standard InChI is InChI=1S/C35H38F3N5O2/c1-3-25-28(37)8-5-20-12-24(44)13-26(30(20)25)27-11-19(2)29-32(31(27)38)40-34(41-33(29)42-16-22-6-7-23(17-42)39-22)45-18-35-9-4-10-43(35)15-21(36)14-35/h5,8,11-13,21-23,39,44H,3-4,6-7,9-10,14-18H2,1-2H3/t21-,22?,23?,35+/m1/s1.